The van der Waals surface area contributed by atoms with Gasteiger partial charge in [0.25, 0.3) is 0 Å². The van der Waals surface area contributed by atoms with E-state index in [0.29, 0.717) is 5.92 Å². The molecular weight excluding hydrogens is 226 g/mol. The molecule has 0 aliphatic rings. The van der Waals surface area contributed by atoms with Gasteiger partial charge in [-0.15, -0.1) is 5.10 Å². The van der Waals surface area contributed by atoms with E-state index in [0.717, 1.165) is 35.6 Å². The van der Waals surface area contributed by atoms with Gasteiger partial charge in [-0.05, 0) is 47.4 Å². The Hall–Kier alpha value is -1.91. The van der Waals surface area contributed by atoms with E-state index >= 15 is 0 Å². The van der Waals surface area contributed by atoms with E-state index in [1.165, 1.54) is 0 Å². The SMILES string of the molecule is Cc1ccc(N)cc1-c1nnnn1CCC(C)C. The van der Waals surface area contributed by atoms with Gasteiger partial charge in [-0.25, -0.2) is 4.68 Å². The lowest BCUT2D eigenvalue weighted by Crippen LogP contribution is -2.06. The Bertz CT molecular complexity index is 530. The fourth-order valence-corrected chi connectivity index (χ4v) is 1.81. The first kappa shape index (κ1) is 12.5. The monoisotopic (exact) mass is 245 g/mol. The number of nitrogens with two attached hydrogens (primary N) is 1. The summed E-state index contributed by atoms with van der Waals surface area (Å²) < 4.78 is 1.85. The Balaban J connectivity index is 2.33. The molecule has 0 aliphatic heterocycles. The van der Waals surface area contributed by atoms with Crippen LogP contribution in [0.4, 0.5) is 5.69 Å². The highest BCUT2D eigenvalue weighted by Gasteiger charge is 2.11. The molecule has 1 aromatic heterocycles. The molecule has 5 heteroatoms. The van der Waals surface area contributed by atoms with Gasteiger partial charge in [0.2, 0.25) is 0 Å². The van der Waals surface area contributed by atoms with E-state index in [1.54, 1.807) is 0 Å². The van der Waals surface area contributed by atoms with Crippen molar-refractivity contribution < 1.29 is 0 Å². The number of aryl methyl sites for hydroxylation is 2. The number of anilines is 1. The van der Waals surface area contributed by atoms with Gasteiger partial charge in [-0.3, -0.25) is 0 Å². The van der Waals surface area contributed by atoms with Gasteiger partial charge >= 0.3 is 0 Å². The second kappa shape index (κ2) is 5.16. The summed E-state index contributed by atoms with van der Waals surface area (Å²) in [6, 6.07) is 5.81. The lowest BCUT2D eigenvalue weighted by molar-refractivity contribution is 0.481. The van der Waals surface area contributed by atoms with Crippen molar-refractivity contribution in [1.82, 2.24) is 20.2 Å². The van der Waals surface area contributed by atoms with Crippen molar-refractivity contribution in [3.8, 4) is 11.4 Å². The Morgan fingerprint density at radius 1 is 1.33 bits per heavy atom. The third-order valence-electron chi connectivity index (χ3n) is 2.95. The summed E-state index contributed by atoms with van der Waals surface area (Å²) >= 11 is 0. The predicted octanol–water partition coefficient (Wildman–Crippen LogP) is 2.28. The van der Waals surface area contributed by atoms with E-state index in [-0.39, 0.29) is 0 Å². The number of rotatable bonds is 4. The highest BCUT2D eigenvalue weighted by Crippen LogP contribution is 2.23. The molecule has 0 saturated carbocycles. The second-order valence-electron chi connectivity index (χ2n) is 4.98. The molecule has 0 amide bonds. The Morgan fingerprint density at radius 3 is 2.83 bits per heavy atom. The highest BCUT2D eigenvalue weighted by molar-refractivity contribution is 5.65. The molecule has 2 aromatic rings. The molecule has 0 unspecified atom stereocenters. The first-order valence-corrected chi connectivity index (χ1v) is 6.20. The lowest BCUT2D eigenvalue weighted by Gasteiger charge is -2.09. The van der Waals surface area contributed by atoms with E-state index in [1.807, 2.05) is 29.8 Å². The molecule has 2 rings (SSSR count). The summed E-state index contributed by atoms with van der Waals surface area (Å²) in [4.78, 5) is 0. The maximum atomic E-state index is 5.83. The molecule has 0 saturated heterocycles. The van der Waals surface area contributed by atoms with Crippen LogP contribution in [0, 0.1) is 12.8 Å². The molecule has 96 valence electrons. The maximum Gasteiger partial charge on any atom is 0.182 e. The molecule has 0 spiro atoms. The fourth-order valence-electron chi connectivity index (χ4n) is 1.81. The molecule has 0 radical (unpaired) electrons. The van der Waals surface area contributed by atoms with Crippen LogP contribution in [0.5, 0.6) is 0 Å². The Kier molecular flexibility index (Phi) is 3.60. The first-order chi connectivity index (χ1) is 8.58. The van der Waals surface area contributed by atoms with Crippen molar-refractivity contribution in [3.63, 3.8) is 0 Å². The topological polar surface area (TPSA) is 69.6 Å². The number of benzene rings is 1. The first-order valence-electron chi connectivity index (χ1n) is 6.20. The number of hydrogen-bond acceptors (Lipinski definition) is 4. The van der Waals surface area contributed by atoms with Crippen LogP contribution in [0.15, 0.2) is 18.2 Å². The zero-order chi connectivity index (χ0) is 13.1. The molecule has 1 aromatic carbocycles. The number of tetrazole rings is 1. The number of nitrogen functional groups attached to an aromatic ring is 1. The predicted molar refractivity (Wildman–Crippen MR) is 71.9 cm³/mol. The Morgan fingerprint density at radius 2 is 2.11 bits per heavy atom. The lowest BCUT2D eigenvalue weighted by atomic mass is 10.1. The van der Waals surface area contributed by atoms with E-state index in [2.05, 4.69) is 29.4 Å². The highest BCUT2D eigenvalue weighted by atomic mass is 15.5. The third-order valence-corrected chi connectivity index (χ3v) is 2.95. The summed E-state index contributed by atoms with van der Waals surface area (Å²) in [5.41, 5.74) is 8.69. The minimum absolute atomic E-state index is 0.629. The minimum atomic E-state index is 0.629. The third kappa shape index (κ3) is 2.67. The van der Waals surface area contributed by atoms with Crippen molar-refractivity contribution in [2.24, 2.45) is 5.92 Å². The number of aromatic nitrogens is 4. The van der Waals surface area contributed by atoms with Crippen molar-refractivity contribution in [2.75, 3.05) is 5.73 Å². The molecule has 0 bridgehead atoms. The van der Waals surface area contributed by atoms with Gasteiger partial charge in [-0.2, -0.15) is 0 Å². The van der Waals surface area contributed by atoms with Crippen molar-refractivity contribution >= 4 is 5.69 Å². The van der Waals surface area contributed by atoms with Crippen LogP contribution in [-0.2, 0) is 6.54 Å². The molecular formula is C13H19N5. The number of nitrogens with zero attached hydrogens (tertiary/aromatic N) is 4. The molecule has 5 nitrogen and oxygen atoms in total. The van der Waals surface area contributed by atoms with Gasteiger partial charge in [0.1, 0.15) is 0 Å². The van der Waals surface area contributed by atoms with Crippen LogP contribution < -0.4 is 5.73 Å². The molecule has 0 aliphatic carbocycles. The standard InChI is InChI=1S/C13H19N5/c1-9(2)6-7-18-13(15-16-17-18)12-8-11(14)5-4-10(12)3/h4-5,8-9H,6-7,14H2,1-3H3. The Labute approximate surface area is 107 Å². The maximum absolute atomic E-state index is 5.83. The summed E-state index contributed by atoms with van der Waals surface area (Å²) in [6.45, 7) is 7.25. The van der Waals surface area contributed by atoms with Crippen LogP contribution in [0.2, 0.25) is 0 Å². The molecule has 1 heterocycles. The zero-order valence-corrected chi connectivity index (χ0v) is 11.1. The minimum Gasteiger partial charge on any atom is -0.399 e. The van der Waals surface area contributed by atoms with Crippen LogP contribution >= 0.6 is 0 Å². The second-order valence-corrected chi connectivity index (χ2v) is 4.98. The average Bonchev–Trinajstić information content (AvgIpc) is 2.77. The van der Waals surface area contributed by atoms with Gasteiger partial charge in [-0.1, -0.05) is 19.9 Å². The van der Waals surface area contributed by atoms with Crippen LogP contribution in [-0.4, -0.2) is 20.2 Å². The average molecular weight is 245 g/mol. The summed E-state index contributed by atoms with van der Waals surface area (Å²) in [6.07, 6.45) is 1.05. The molecule has 0 fully saturated rings. The largest absolute Gasteiger partial charge is 0.399 e. The smallest absolute Gasteiger partial charge is 0.182 e. The fraction of sp³-hybridized carbons (Fsp3) is 0.462. The molecule has 0 atom stereocenters. The van der Waals surface area contributed by atoms with Crippen LogP contribution in [0.1, 0.15) is 25.8 Å². The van der Waals surface area contributed by atoms with Gasteiger partial charge < -0.3 is 5.73 Å². The molecule has 18 heavy (non-hydrogen) atoms. The van der Waals surface area contributed by atoms with E-state index < -0.39 is 0 Å². The van der Waals surface area contributed by atoms with Crippen molar-refractivity contribution in [1.29, 1.82) is 0 Å². The quantitative estimate of drug-likeness (QED) is 0.839. The van der Waals surface area contributed by atoms with Crippen LogP contribution in [0.25, 0.3) is 11.4 Å². The van der Waals surface area contributed by atoms with Gasteiger partial charge in [0.05, 0.1) is 0 Å². The molecule has 2 N–H and O–H groups in total. The van der Waals surface area contributed by atoms with E-state index in [9.17, 15) is 0 Å². The van der Waals surface area contributed by atoms with Gasteiger partial charge in [0.15, 0.2) is 5.82 Å². The summed E-state index contributed by atoms with van der Waals surface area (Å²) in [5, 5.41) is 11.9. The summed E-state index contributed by atoms with van der Waals surface area (Å²) in [5.74, 6) is 1.42. The number of hydrogen-bond donors (Lipinski definition) is 1. The normalized spacial score (nSPS) is 11.1. The van der Waals surface area contributed by atoms with Crippen LogP contribution in [0.3, 0.4) is 0 Å². The van der Waals surface area contributed by atoms with Gasteiger partial charge in [0, 0.05) is 17.8 Å². The van der Waals surface area contributed by atoms with E-state index in [4.69, 9.17) is 5.73 Å². The summed E-state index contributed by atoms with van der Waals surface area (Å²) in [7, 11) is 0. The van der Waals surface area contributed by atoms with Crippen molar-refractivity contribution in [3.05, 3.63) is 23.8 Å². The van der Waals surface area contributed by atoms with Crippen molar-refractivity contribution in [2.45, 2.75) is 33.7 Å². The zero-order valence-electron chi connectivity index (χ0n) is 11.1.